The van der Waals surface area contributed by atoms with Gasteiger partial charge in [-0.1, -0.05) is 19.1 Å². The lowest BCUT2D eigenvalue weighted by Gasteiger charge is -2.38. The normalized spacial score (nSPS) is 15.2. The maximum absolute atomic E-state index is 11.7. The molecule has 1 aliphatic rings. The number of aliphatic imine (C=N–C) groups is 1. The van der Waals surface area contributed by atoms with Crippen molar-refractivity contribution >= 4 is 17.6 Å². The number of rotatable bonds is 6. The van der Waals surface area contributed by atoms with Crippen LogP contribution in [0.5, 0.6) is 0 Å². The first-order chi connectivity index (χ1) is 12.6. The molecule has 6 nitrogen and oxygen atoms in total. The molecule has 0 bridgehead atoms. The molecule has 144 valence electrons. The summed E-state index contributed by atoms with van der Waals surface area (Å²) in [6.07, 6.45) is 1.44. The Kier molecular flexibility index (Phi) is 7.75. The van der Waals surface area contributed by atoms with Gasteiger partial charge in [0.2, 0.25) is 5.91 Å². The minimum Gasteiger partial charge on any atom is -0.368 e. The van der Waals surface area contributed by atoms with Gasteiger partial charge in [-0.15, -0.1) is 0 Å². The summed E-state index contributed by atoms with van der Waals surface area (Å²) in [5, 5.41) is 6.22. The van der Waals surface area contributed by atoms with E-state index in [0.717, 1.165) is 45.1 Å². The van der Waals surface area contributed by atoms with Crippen LogP contribution in [0.4, 0.5) is 5.69 Å². The van der Waals surface area contributed by atoms with Gasteiger partial charge in [-0.05, 0) is 37.5 Å². The van der Waals surface area contributed by atoms with Crippen LogP contribution in [0.2, 0.25) is 0 Å². The maximum atomic E-state index is 11.7. The molecule has 1 aromatic rings. The number of carbonyl (C=O) groups excluding carboxylic acids is 1. The van der Waals surface area contributed by atoms with E-state index in [1.165, 1.54) is 16.8 Å². The van der Waals surface area contributed by atoms with E-state index < -0.39 is 0 Å². The predicted octanol–water partition coefficient (Wildman–Crippen LogP) is 1.92. The lowest BCUT2D eigenvalue weighted by atomic mass is 10.1. The number of guanidine groups is 1. The minimum absolute atomic E-state index is 0.0922. The molecule has 1 amide bonds. The molecule has 26 heavy (non-hydrogen) atoms. The van der Waals surface area contributed by atoms with E-state index in [1.54, 1.807) is 7.05 Å². The largest absolute Gasteiger partial charge is 0.368 e. The zero-order chi connectivity index (χ0) is 18.9. The van der Waals surface area contributed by atoms with Crippen LogP contribution in [0.15, 0.2) is 23.2 Å². The van der Waals surface area contributed by atoms with Crippen LogP contribution in [0.25, 0.3) is 0 Å². The molecular formula is C20H33N5O. The van der Waals surface area contributed by atoms with Crippen molar-refractivity contribution in [1.29, 1.82) is 0 Å². The number of nitrogens with one attached hydrogen (secondary N) is 2. The van der Waals surface area contributed by atoms with E-state index in [1.807, 2.05) is 0 Å². The molecule has 1 aromatic carbocycles. The molecule has 1 fully saturated rings. The molecule has 0 aliphatic carbocycles. The Bertz CT molecular complexity index is 621. The Morgan fingerprint density at radius 2 is 1.85 bits per heavy atom. The van der Waals surface area contributed by atoms with Gasteiger partial charge in [-0.2, -0.15) is 0 Å². The predicted molar refractivity (Wildman–Crippen MR) is 109 cm³/mol. The first kappa shape index (κ1) is 20.1. The van der Waals surface area contributed by atoms with E-state index in [-0.39, 0.29) is 5.91 Å². The van der Waals surface area contributed by atoms with Gasteiger partial charge in [0.25, 0.3) is 0 Å². The summed E-state index contributed by atoms with van der Waals surface area (Å²) in [5.41, 5.74) is 4.03. The SMILES string of the molecule is CCCNC(=O)CCNC(=NC)N1CCN(c2cccc(C)c2C)CC1. The summed E-state index contributed by atoms with van der Waals surface area (Å²) in [4.78, 5) is 20.8. The van der Waals surface area contributed by atoms with Crippen LogP contribution in [0.3, 0.4) is 0 Å². The highest BCUT2D eigenvalue weighted by molar-refractivity contribution is 5.81. The van der Waals surface area contributed by atoms with Crippen LogP contribution < -0.4 is 15.5 Å². The summed E-state index contributed by atoms with van der Waals surface area (Å²) in [7, 11) is 1.80. The smallest absolute Gasteiger partial charge is 0.221 e. The van der Waals surface area contributed by atoms with Crippen molar-refractivity contribution in [2.75, 3.05) is 51.2 Å². The Morgan fingerprint density at radius 3 is 2.50 bits per heavy atom. The second kappa shape index (κ2) is 10.0. The van der Waals surface area contributed by atoms with Gasteiger partial charge in [0.15, 0.2) is 5.96 Å². The standard InChI is InChI=1S/C20H33N5O/c1-5-10-22-19(26)9-11-23-20(21-4)25-14-12-24(13-15-25)18-8-6-7-16(2)17(18)3/h6-8H,5,9-15H2,1-4H3,(H,21,23)(H,22,26). The van der Waals surface area contributed by atoms with Gasteiger partial charge in [0, 0.05) is 58.4 Å². The molecule has 0 atom stereocenters. The fourth-order valence-electron chi connectivity index (χ4n) is 3.21. The second-order valence-electron chi connectivity index (χ2n) is 6.77. The average Bonchev–Trinajstić information content (AvgIpc) is 2.66. The number of aryl methyl sites for hydroxylation is 1. The van der Waals surface area contributed by atoms with E-state index >= 15 is 0 Å². The highest BCUT2D eigenvalue weighted by Gasteiger charge is 2.21. The number of carbonyl (C=O) groups is 1. The third kappa shape index (κ3) is 5.38. The molecule has 1 aliphatic heterocycles. The van der Waals surface area contributed by atoms with Crippen LogP contribution in [0.1, 0.15) is 30.9 Å². The zero-order valence-electron chi connectivity index (χ0n) is 16.6. The lowest BCUT2D eigenvalue weighted by molar-refractivity contribution is -0.120. The van der Waals surface area contributed by atoms with Crippen molar-refractivity contribution in [1.82, 2.24) is 15.5 Å². The third-order valence-electron chi connectivity index (χ3n) is 4.92. The molecule has 0 saturated carbocycles. The molecule has 1 saturated heterocycles. The number of hydrogen-bond acceptors (Lipinski definition) is 3. The van der Waals surface area contributed by atoms with Gasteiger partial charge < -0.3 is 20.4 Å². The average molecular weight is 360 g/mol. The number of amides is 1. The van der Waals surface area contributed by atoms with Gasteiger partial charge in [-0.25, -0.2) is 0 Å². The Labute approximate surface area is 157 Å². The molecule has 0 unspecified atom stereocenters. The first-order valence-electron chi connectivity index (χ1n) is 9.60. The van der Waals surface area contributed by atoms with Crippen LogP contribution in [-0.4, -0.2) is 63.1 Å². The molecule has 1 heterocycles. The van der Waals surface area contributed by atoms with Crippen LogP contribution in [-0.2, 0) is 4.79 Å². The monoisotopic (exact) mass is 359 g/mol. The van der Waals surface area contributed by atoms with Gasteiger partial charge >= 0.3 is 0 Å². The minimum atomic E-state index is 0.0922. The van der Waals surface area contributed by atoms with Crippen molar-refractivity contribution in [3.63, 3.8) is 0 Å². The van der Waals surface area contributed by atoms with Crippen molar-refractivity contribution in [3.8, 4) is 0 Å². The van der Waals surface area contributed by atoms with E-state index in [0.29, 0.717) is 13.0 Å². The molecule has 2 N–H and O–H groups in total. The fourth-order valence-corrected chi connectivity index (χ4v) is 3.21. The molecule has 0 aromatic heterocycles. The quantitative estimate of drug-likeness (QED) is 0.602. The molecule has 0 spiro atoms. The number of hydrogen-bond donors (Lipinski definition) is 2. The Balaban J connectivity index is 1.82. The lowest BCUT2D eigenvalue weighted by Crippen LogP contribution is -2.53. The molecular weight excluding hydrogens is 326 g/mol. The highest BCUT2D eigenvalue weighted by atomic mass is 16.1. The molecule has 0 radical (unpaired) electrons. The van der Waals surface area contributed by atoms with Crippen molar-refractivity contribution in [2.45, 2.75) is 33.6 Å². The topological polar surface area (TPSA) is 60.0 Å². The second-order valence-corrected chi connectivity index (χ2v) is 6.77. The van der Waals surface area contributed by atoms with Crippen LogP contribution >= 0.6 is 0 Å². The highest BCUT2D eigenvalue weighted by Crippen LogP contribution is 2.23. The Morgan fingerprint density at radius 1 is 1.12 bits per heavy atom. The summed E-state index contributed by atoms with van der Waals surface area (Å²) in [6.45, 7) is 11.6. The van der Waals surface area contributed by atoms with Crippen LogP contribution in [0, 0.1) is 13.8 Å². The van der Waals surface area contributed by atoms with Gasteiger partial charge in [0.05, 0.1) is 0 Å². The van der Waals surface area contributed by atoms with Gasteiger partial charge in [-0.3, -0.25) is 9.79 Å². The van der Waals surface area contributed by atoms with Gasteiger partial charge in [0.1, 0.15) is 0 Å². The first-order valence-corrected chi connectivity index (χ1v) is 9.60. The maximum Gasteiger partial charge on any atom is 0.221 e. The molecule has 6 heteroatoms. The number of benzene rings is 1. The summed E-state index contributed by atoms with van der Waals surface area (Å²) in [5.74, 6) is 0.975. The van der Waals surface area contributed by atoms with E-state index in [4.69, 9.17) is 0 Å². The Hall–Kier alpha value is -2.24. The fraction of sp³-hybridized carbons (Fsp3) is 0.600. The summed E-state index contributed by atoms with van der Waals surface area (Å²) >= 11 is 0. The van der Waals surface area contributed by atoms with Crippen molar-refractivity contribution < 1.29 is 4.79 Å². The number of piperazine rings is 1. The van der Waals surface area contributed by atoms with Crippen molar-refractivity contribution in [2.24, 2.45) is 4.99 Å². The number of nitrogens with zero attached hydrogens (tertiary/aromatic N) is 3. The molecule has 2 rings (SSSR count). The van der Waals surface area contributed by atoms with E-state index in [2.05, 4.69) is 64.4 Å². The summed E-state index contributed by atoms with van der Waals surface area (Å²) < 4.78 is 0. The zero-order valence-corrected chi connectivity index (χ0v) is 16.6. The van der Waals surface area contributed by atoms with Crippen molar-refractivity contribution in [3.05, 3.63) is 29.3 Å². The third-order valence-corrected chi connectivity index (χ3v) is 4.92. The summed E-state index contributed by atoms with van der Waals surface area (Å²) in [6, 6.07) is 6.51. The van der Waals surface area contributed by atoms with E-state index in [9.17, 15) is 4.79 Å². The number of anilines is 1.